The van der Waals surface area contributed by atoms with Crippen LogP contribution in [0.25, 0.3) is 33.8 Å². The summed E-state index contributed by atoms with van der Waals surface area (Å²) in [6.45, 7) is 2.03. The summed E-state index contributed by atoms with van der Waals surface area (Å²) < 4.78 is 8.99. The van der Waals surface area contributed by atoms with E-state index in [1.165, 1.54) is 0 Å². The number of ether oxygens (including phenoxy) is 1. The summed E-state index contributed by atoms with van der Waals surface area (Å²) in [4.78, 5) is 18.3. The normalized spacial score (nSPS) is 11.2. The van der Waals surface area contributed by atoms with Gasteiger partial charge in [-0.2, -0.15) is 0 Å². The van der Waals surface area contributed by atoms with Crippen molar-refractivity contribution in [3.8, 4) is 34.1 Å². The van der Waals surface area contributed by atoms with Crippen LogP contribution in [0.5, 0.6) is 5.75 Å². The molecule has 0 aliphatic carbocycles. The molecule has 0 atom stereocenters. The molecule has 0 unspecified atom stereocenters. The highest BCUT2D eigenvalue weighted by molar-refractivity contribution is 5.83. The van der Waals surface area contributed by atoms with Crippen LogP contribution >= 0.6 is 0 Å². The number of aryl methyl sites for hydroxylation is 1. The zero-order valence-electron chi connectivity index (χ0n) is 16.2. The number of hydrogen-bond acceptors (Lipinski definition) is 3. The number of rotatable bonds is 3. The zero-order chi connectivity index (χ0) is 20.0. The number of fused-ring (bicyclic) bond motifs is 3. The molecule has 5 rings (SSSR count). The third-order valence-corrected chi connectivity index (χ3v) is 5.20. The Labute approximate surface area is 167 Å². The van der Waals surface area contributed by atoms with Gasteiger partial charge in [-0.1, -0.05) is 35.9 Å². The average Bonchev–Trinajstić information content (AvgIpc) is 3.07. The fraction of sp³-hybridized carbons (Fsp3) is 0.0833. The smallest absolute Gasteiger partial charge is 0.266 e. The van der Waals surface area contributed by atoms with Crippen molar-refractivity contribution in [2.45, 2.75) is 6.92 Å². The van der Waals surface area contributed by atoms with Crippen LogP contribution in [0.3, 0.4) is 0 Å². The lowest BCUT2D eigenvalue weighted by atomic mass is 10.1. The van der Waals surface area contributed by atoms with Crippen LogP contribution in [-0.2, 0) is 0 Å². The fourth-order valence-corrected chi connectivity index (χ4v) is 3.72. The third-order valence-electron chi connectivity index (χ3n) is 5.20. The second-order valence-corrected chi connectivity index (χ2v) is 7.01. The highest BCUT2D eigenvalue weighted by atomic mass is 16.5. The first-order chi connectivity index (χ1) is 14.2. The molecule has 142 valence electrons. The Kier molecular flexibility index (Phi) is 3.95. The number of benzene rings is 2. The van der Waals surface area contributed by atoms with Crippen LogP contribution in [0.4, 0.5) is 0 Å². The molecule has 5 nitrogen and oxygen atoms in total. The summed E-state index contributed by atoms with van der Waals surface area (Å²) in [5, 5.41) is 0. The summed E-state index contributed by atoms with van der Waals surface area (Å²) in [5.74, 6) is 1.38. The lowest BCUT2D eigenvalue weighted by Gasteiger charge is -2.11. The Morgan fingerprint density at radius 3 is 2.41 bits per heavy atom. The molecule has 2 aliphatic heterocycles. The van der Waals surface area contributed by atoms with E-state index >= 15 is 0 Å². The van der Waals surface area contributed by atoms with Crippen molar-refractivity contribution in [3.05, 3.63) is 95.0 Å². The first-order valence-corrected chi connectivity index (χ1v) is 9.39. The largest absolute Gasteiger partial charge is 0.497 e. The summed E-state index contributed by atoms with van der Waals surface area (Å²) in [6, 6.07) is 21.4. The van der Waals surface area contributed by atoms with E-state index in [2.05, 4.69) is 4.98 Å². The monoisotopic (exact) mass is 381 g/mol. The summed E-state index contributed by atoms with van der Waals surface area (Å²) in [6.07, 6.45) is 3.76. The highest BCUT2D eigenvalue weighted by Gasteiger charge is 2.26. The van der Waals surface area contributed by atoms with Crippen LogP contribution < -0.4 is 10.3 Å². The summed E-state index contributed by atoms with van der Waals surface area (Å²) >= 11 is 0. The third kappa shape index (κ3) is 2.70. The second kappa shape index (κ2) is 6.63. The summed E-state index contributed by atoms with van der Waals surface area (Å²) in [5.41, 5.74) is 5.02. The van der Waals surface area contributed by atoms with E-state index in [0.717, 1.165) is 33.8 Å². The molecule has 0 saturated carbocycles. The van der Waals surface area contributed by atoms with Gasteiger partial charge in [-0.15, -0.1) is 0 Å². The number of nitrogens with zero attached hydrogens (tertiary/aromatic N) is 3. The molecule has 5 heteroatoms. The molecule has 0 bridgehead atoms. The number of aromatic nitrogens is 3. The predicted molar refractivity (Wildman–Crippen MR) is 114 cm³/mol. The van der Waals surface area contributed by atoms with Gasteiger partial charge in [-0.05, 0) is 48.9 Å². The van der Waals surface area contributed by atoms with Gasteiger partial charge in [0.2, 0.25) is 0 Å². The lowest BCUT2D eigenvalue weighted by Crippen LogP contribution is -2.14. The maximum Gasteiger partial charge on any atom is 0.266 e. The van der Waals surface area contributed by atoms with Gasteiger partial charge in [-0.25, -0.2) is 4.98 Å². The van der Waals surface area contributed by atoms with E-state index in [1.54, 1.807) is 17.9 Å². The minimum atomic E-state index is -0.0922. The Morgan fingerprint density at radius 1 is 0.931 bits per heavy atom. The Morgan fingerprint density at radius 2 is 1.69 bits per heavy atom. The molecule has 0 fully saturated rings. The van der Waals surface area contributed by atoms with Crippen LogP contribution in [0.1, 0.15) is 5.56 Å². The molecule has 29 heavy (non-hydrogen) atoms. The predicted octanol–water partition coefficient (Wildman–Crippen LogP) is 4.57. The lowest BCUT2D eigenvalue weighted by molar-refractivity contribution is 0.415. The maximum atomic E-state index is 13.7. The van der Waals surface area contributed by atoms with Crippen molar-refractivity contribution in [1.29, 1.82) is 0 Å². The number of hydrogen-bond donors (Lipinski definition) is 0. The first-order valence-electron chi connectivity index (χ1n) is 9.39. The van der Waals surface area contributed by atoms with Gasteiger partial charge in [0.25, 0.3) is 5.56 Å². The minimum Gasteiger partial charge on any atom is -0.497 e. The Bertz CT molecular complexity index is 1350. The first kappa shape index (κ1) is 17.3. The zero-order valence-corrected chi connectivity index (χ0v) is 16.2. The van der Waals surface area contributed by atoms with Crippen LogP contribution in [0.15, 0.2) is 83.9 Å². The van der Waals surface area contributed by atoms with Gasteiger partial charge in [-0.3, -0.25) is 9.36 Å². The standard InChI is InChI=1S/C24H19N3O2/c1-16-6-10-18(11-7-16)27-23-22(26-14-4-3-5-19(26)15-25-23)21(24(27)28)17-8-12-20(29-2)13-9-17/h3-15H,1-2H3. The quantitative estimate of drug-likeness (QED) is 0.460. The van der Waals surface area contributed by atoms with Crippen molar-refractivity contribution in [2.24, 2.45) is 0 Å². The molecule has 0 radical (unpaired) electrons. The molecule has 0 spiro atoms. The van der Waals surface area contributed by atoms with E-state index in [1.807, 2.05) is 84.3 Å². The average molecular weight is 381 g/mol. The maximum absolute atomic E-state index is 13.7. The van der Waals surface area contributed by atoms with Crippen molar-refractivity contribution in [3.63, 3.8) is 0 Å². The molecule has 1 aromatic heterocycles. The van der Waals surface area contributed by atoms with Crippen molar-refractivity contribution >= 4 is 5.52 Å². The van der Waals surface area contributed by atoms with Crippen LogP contribution in [-0.4, -0.2) is 21.1 Å². The van der Waals surface area contributed by atoms with E-state index < -0.39 is 0 Å². The van der Waals surface area contributed by atoms with Gasteiger partial charge < -0.3 is 9.14 Å². The SMILES string of the molecule is COc1ccc(-c2c3n4ccccc4cnc-3n(-c3ccc(C)cc3)c2=O)cc1. The van der Waals surface area contributed by atoms with Crippen LogP contribution in [0, 0.1) is 6.92 Å². The van der Waals surface area contributed by atoms with Crippen molar-refractivity contribution < 1.29 is 4.74 Å². The van der Waals surface area contributed by atoms with Gasteiger partial charge in [0.15, 0.2) is 5.82 Å². The number of methoxy groups -OCH3 is 1. The molecule has 3 heterocycles. The van der Waals surface area contributed by atoms with Gasteiger partial charge in [0.05, 0.1) is 30.1 Å². The fourth-order valence-electron chi connectivity index (χ4n) is 3.72. The molecular formula is C24H19N3O2. The minimum absolute atomic E-state index is 0.0922. The van der Waals surface area contributed by atoms with Crippen molar-refractivity contribution in [1.82, 2.24) is 14.0 Å². The topological polar surface area (TPSA) is 48.5 Å². The molecule has 0 N–H and O–H groups in total. The summed E-state index contributed by atoms with van der Waals surface area (Å²) in [7, 11) is 1.63. The van der Waals surface area contributed by atoms with E-state index in [0.29, 0.717) is 11.4 Å². The van der Waals surface area contributed by atoms with Gasteiger partial charge in [0, 0.05) is 6.20 Å². The second-order valence-electron chi connectivity index (χ2n) is 7.01. The van der Waals surface area contributed by atoms with E-state index in [9.17, 15) is 4.79 Å². The Hall–Kier alpha value is -3.86. The van der Waals surface area contributed by atoms with E-state index in [4.69, 9.17) is 4.74 Å². The van der Waals surface area contributed by atoms with Gasteiger partial charge in [0.1, 0.15) is 11.4 Å². The van der Waals surface area contributed by atoms with E-state index in [-0.39, 0.29) is 5.56 Å². The molecule has 0 saturated heterocycles. The number of pyridine rings is 1. The molecule has 2 aromatic carbocycles. The highest BCUT2D eigenvalue weighted by Crippen LogP contribution is 2.34. The molecule has 3 aromatic rings. The molecule has 0 amide bonds. The Balaban J connectivity index is 1.89. The molecule has 2 aliphatic rings. The van der Waals surface area contributed by atoms with Crippen molar-refractivity contribution in [2.75, 3.05) is 7.11 Å². The van der Waals surface area contributed by atoms with Crippen LogP contribution in [0.2, 0.25) is 0 Å². The molecular weight excluding hydrogens is 362 g/mol. The van der Waals surface area contributed by atoms with Gasteiger partial charge >= 0.3 is 0 Å².